The predicted molar refractivity (Wildman–Crippen MR) is 153 cm³/mol. The van der Waals surface area contributed by atoms with Gasteiger partial charge in [0.15, 0.2) is 11.5 Å². The van der Waals surface area contributed by atoms with E-state index in [1.165, 1.54) is 6.92 Å². The van der Waals surface area contributed by atoms with Gasteiger partial charge in [0, 0.05) is 19.0 Å². The van der Waals surface area contributed by atoms with Crippen LogP contribution in [-0.4, -0.2) is 45.7 Å². The Hall–Kier alpha value is -4.01. The Morgan fingerprint density at radius 2 is 1.85 bits per heavy atom. The normalized spacial score (nSPS) is 15.4. The fraction of sp³-hybridized carbons (Fsp3) is 0.433. The molecule has 0 spiro atoms. The van der Waals surface area contributed by atoms with Crippen molar-refractivity contribution >= 4 is 17.5 Å². The van der Waals surface area contributed by atoms with Crippen molar-refractivity contribution in [1.82, 2.24) is 10.6 Å². The summed E-state index contributed by atoms with van der Waals surface area (Å²) >= 11 is 0. The summed E-state index contributed by atoms with van der Waals surface area (Å²) in [6.07, 6.45) is 3.51. The maximum Gasteiger partial charge on any atom is 0.243 e. The van der Waals surface area contributed by atoms with Gasteiger partial charge in [0.2, 0.25) is 23.0 Å². The van der Waals surface area contributed by atoms with Crippen LogP contribution in [0.5, 0.6) is 17.2 Å². The van der Waals surface area contributed by atoms with Gasteiger partial charge in [-0.15, -0.1) is 6.58 Å². The van der Waals surface area contributed by atoms with Gasteiger partial charge >= 0.3 is 0 Å². The van der Waals surface area contributed by atoms with E-state index in [2.05, 4.69) is 22.5 Å². The molecule has 210 valence electrons. The van der Waals surface area contributed by atoms with Gasteiger partial charge in [0.1, 0.15) is 6.04 Å². The smallest absolute Gasteiger partial charge is 0.243 e. The third-order valence-corrected chi connectivity index (χ3v) is 7.14. The van der Waals surface area contributed by atoms with Crippen molar-refractivity contribution in [2.45, 2.75) is 52.1 Å². The van der Waals surface area contributed by atoms with Crippen molar-refractivity contribution in [2.24, 2.45) is 5.92 Å². The van der Waals surface area contributed by atoms with E-state index in [0.29, 0.717) is 42.2 Å². The fourth-order valence-electron chi connectivity index (χ4n) is 4.98. The van der Waals surface area contributed by atoms with Crippen LogP contribution < -0.4 is 35.6 Å². The van der Waals surface area contributed by atoms with Crippen molar-refractivity contribution in [3.63, 3.8) is 0 Å². The Labute approximate surface area is 229 Å². The number of carbonyl (C=O) groups excluding carboxylic acids is 2. The number of amides is 2. The largest absolute Gasteiger partial charge is 0.493 e. The molecule has 0 radical (unpaired) electrons. The van der Waals surface area contributed by atoms with Crippen LogP contribution in [0.2, 0.25) is 0 Å². The second-order valence-electron chi connectivity index (χ2n) is 9.64. The number of ether oxygens (including phenoxy) is 3. The topological polar surface area (TPSA) is 115 Å². The Balaban J connectivity index is 2.27. The average Bonchev–Trinajstić information content (AvgIpc) is 3.17. The summed E-state index contributed by atoms with van der Waals surface area (Å²) in [4.78, 5) is 38.7. The Morgan fingerprint density at radius 3 is 2.44 bits per heavy atom. The molecule has 0 fully saturated rings. The second kappa shape index (κ2) is 13.2. The van der Waals surface area contributed by atoms with Gasteiger partial charge in [0.25, 0.3) is 0 Å². The quantitative estimate of drug-likeness (QED) is 0.371. The standard InChI is InChI=1S/C30H39N3O6/c1-8-14-31-30(36)27(17(3)9-2)33-23-13-11-20-21(16-24(23)35)22(32-18(4)34)12-10-19-15-25(37-5)28(38-6)29(39-7)26(19)20/h8,11,13,15-17,22,27H,1,9-10,12,14H2,2-7H3,(H,31,36)(H,32,34)(H,33,35). The van der Waals surface area contributed by atoms with E-state index < -0.39 is 12.1 Å². The fourth-order valence-corrected chi connectivity index (χ4v) is 4.98. The van der Waals surface area contributed by atoms with Crippen molar-refractivity contribution in [3.05, 3.63) is 58.3 Å². The van der Waals surface area contributed by atoms with Crippen LogP contribution in [0.25, 0.3) is 11.1 Å². The minimum atomic E-state index is -0.623. The van der Waals surface area contributed by atoms with E-state index in [-0.39, 0.29) is 28.8 Å². The van der Waals surface area contributed by atoms with Crippen molar-refractivity contribution < 1.29 is 23.8 Å². The highest BCUT2D eigenvalue weighted by molar-refractivity contribution is 5.86. The van der Waals surface area contributed by atoms with Gasteiger partial charge in [-0.25, -0.2) is 0 Å². The summed E-state index contributed by atoms with van der Waals surface area (Å²) < 4.78 is 17.0. The molecule has 2 aromatic rings. The second-order valence-corrected chi connectivity index (χ2v) is 9.64. The molecular weight excluding hydrogens is 498 g/mol. The van der Waals surface area contributed by atoms with Crippen LogP contribution in [0.4, 0.5) is 5.69 Å². The van der Waals surface area contributed by atoms with Crippen LogP contribution in [0.3, 0.4) is 0 Å². The number of benzene rings is 1. The molecule has 0 aromatic heterocycles. The number of hydrogen-bond donors (Lipinski definition) is 3. The zero-order valence-electron chi connectivity index (χ0n) is 23.6. The molecule has 2 amide bonds. The minimum Gasteiger partial charge on any atom is -0.493 e. The van der Waals surface area contributed by atoms with Gasteiger partial charge in [-0.2, -0.15) is 0 Å². The zero-order chi connectivity index (χ0) is 28.7. The maximum atomic E-state index is 13.6. The van der Waals surface area contributed by atoms with Gasteiger partial charge in [-0.3, -0.25) is 14.4 Å². The van der Waals surface area contributed by atoms with Crippen molar-refractivity contribution in [1.29, 1.82) is 0 Å². The molecule has 0 bridgehead atoms. The third kappa shape index (κ3) is 6.35. The SMILES string of the molecule is C=CCNC(=O)C(Nc1ccc2c(cc1=O)C(NC(C)=O)CCc1cc(OC)c(OC)c(OC)c1-2)C(C)CC. The first-order chi connectivity index (χ1) is 18.7. The number of rotatable bonds is 11. The van der Waals surface area contributed by atoms with Crippen LogP contribution in [-0.2, 0) is 16.0 Å². The number of hydrogen-bond acceptors (Lipinski definition) is 7. The first-order valence-electron chi connectivity index (χ1n) is 13.1. The molecule has 3 unspecified atom stereocenters. The molecule has 1 aliphatic carbocycles. The molecule has 3 N–H and O–H groups in total. The van der Waals surface area contributed by atoms with Crippen molar-refractivity contribution in [3.8, 4) is 28.4 Å². The Bertz CT molecular complexity index is 1290. The van der Waals surface area contributed by atoms with Crippen LogP contribution in [0.1, 0.15) is 50.8 Å². The summed E-state index contributed by atoms with van der Waals surface area (Å²) in [7, 11) is 4.66. The maximum absolute atomic E-state index is 13.6. The van der Waals surface area contributed by atoms with E-state index in [9.17, 15) is 14.4 Å². The first-order valence-corrected chi connectivity index (χ1v) is 13.1. The molecule has 9 heteroatoms. The molecule has 0 saturated heterocycles. The summed E-state index contributed by atoms with van der Waals surface area (Å²) in [5, 5.41) is 9.02. The van der Waals surface area contributed by atoms with Crippen LogP contribution in [0.15, 0.2) is 41.7 Å². The summed E-state index contributed by atoms with van der Waals surface area (Å²) in [6, 6.07) is 5.93. The molecule has 0 aliphatic heterocycles. The highest BCUT2D eigenvalue weighted by Crippen LogP contribution is 2.50. The molecule has 3 atom stereocenters. The van der Waals surface area contributed by atoms with Gasteiger partial charge in [0.05, 0.1) is 33.1 Å². The zero-order valence-corrected chi connectivity index (χ0v) is 23.6. The minimum absolute atomic E-state index is 0.0396. The summed E-state index contributed by atoms with van der Waals surface area (Å²) in [5.74, 6) is 0.990. The number of aryl methyl sites for hydroxylation is 1. The molecule has 2 aromatic carbocycles. The first kappa shape index (κ1) is 29.5. The highest BCUT2D eigenvalue weighted by Gasteiger charge is 2.30. The number of anilines is 1. The van der Waals surface area contributed by atoms with E-state index in [4.69, 9.17) is 14.2 Å². The van der Waals surface area contributed by atoms with Gasteiger partial charge in [-0.1, -0.05) is 32.4 Å². The highest BCUT2D eigenvalue weighted by atomic mass is 16.5. The predicted octanol–water partition coefficient (Wildman–Crippen LogP) is 3.99. The molecule has 1 aliphatic rings. The van der Waals surface area contributed by atoms with Crippen LogP contribution >= 0.6 is 0 Å². The summed E-state index contributed by atoms with van der Waals surface area (Å²) in [6.45, 7) is 9.39. The lowest BCUT2D eigenvalue weighted by Gasteiger charge is -2.23. The molecule has 9 nitrogen and oxygen atoms in total. The molecule has 0 saturated carbocycles. The number of methoxy groups -OCH3 is 3. The molecule has 0 heterocycles. The van der Waals surface area contributed by atoms with Gasteiger partial charge in [-0.05, 0) is 53.6 Å². The number of carbonyl (C=O) groups is 2. The lowest BCUT2D eigenvalue weighted by Crippen LogP contribution is -2.44. The van der Waals surface area contributed by atoms with E-state index in [1.54, 1.807) is 39.5 Å². The average molecular weight is 538 g/mol. The Kier molecular flexibility index (Phi) is 9.98. The molecule has 39 heavy (non-hydrogen) atoms. The Morgan fingerprint density at radius 1 is 1.13 bits per heavy atom. The lowest BCUT2D eigenvalue weighted by molar-refractivity contribution is -0.122. The summed E-state index contributed by atoms with van der Waals surface area (Å²) in [5.41, 5.74) is 3.07. The van der Waals surface area contributed by atoms with E-state index >= 15 is 0 Å². The van der Waals surface area contributed by atoms with E-state index in [1.807, 2.05) is 26.0 Å². The molecule has 3 rings (SSSR count). The van der Waals surface area contributed by atoms with Gasteiger partial charge < -0.3 is 30.2 Å². The monoisotopic (exact) mass is 537 g/mol. The third-order valence-electron chi connectivity index (χ3n) is 7.14. The van der Waals surface area contributed by atoms with Crippen molar-refractivity contribution in [2.75, 3.05) is 33.2 Å². The number of nitrogens with one attached hydrogen (secondary N) is 3. The lowest BCUT2D eigenvalue weighted by atomic mass is 9.95. The van der Waals surface area contributed by atoms with Crippen LogP contribution in [0, 0.1) is 5.92 Å². The molecular formula is C30H39N3O6. The number of fused-ring (bicyclic) bond motifs is 3. The van der Waals surface area contributed by atoms with E-state index in [0.717, 1.165) is 23.1 Å².